The predicted molar refractivity (Wildman–Crippen MR) is 106 cm³/mol. The first-order chi connectivity index (χ1) is 13.6. The van der Waals surface area contributed by atoms with Crippen LogP contribution in [0.25, 0.3) is 0 Å². The van der Waals surface area contributed by atoms with Crippen LogP contribution in [0, 0.1) is 10.1 Å². The minimum atomic E-state index is -0.953. The van der Waals surface area contributed by atoms with Gasteiger partial charge in [-0.05, 0) is 17.7 Å². The van der Waals surface area contributed by atoms with Crippen LogP contribution in [0.1, 0.15) is 27.9 Å². The number of para-hydroxylation sites is 1. The summed E-state index contributed by atoms with van der Waals surface area (Å²) in [4.78, 5) is 24.3. The third kappa shape index (κ3) is 2.15. The van der Waals surface area contributed by atoms with Crippen LogP contribution in [-0.2, 0) is 5.54 Å². The Kier molecular flexibility index (Phi) is 3.42. The zero-order valence-corrected chi connectivity index (χ0v) is 14.8. The molecule has 0 bridgehead atoms. The Balaban J connectivity index is 1.69. The van der Waals surface area contributed by atoms with Gasteiger partial charge in [-0.25, -0.2) is 5.01 Å². The number of hydrogen-bond acceptors (Lipinski definition) is 5. The van der Waals surface area contributed by atoms with E-state index in [2.05, 4.69) is 0 Å². The largest absolute Gasteiger partial charge is 0.291 e. The number of fused-ring (bicyclic) bond motifs is 3. The van der Waals surface area contributed by atoms with Crippen LogP contribution < -0.4 is 5.01 Å². The molecule has 28 heavy (non-hydrogen) atoms. The van der Waals surface area contributed by atoms with Crippen LogP contribution in [0.2, 0.25) is 0 Å². The summed E-state index contributed by atoms with van der Waals surface area (Å²) in [5.41, 5.74) is 2.64. The summed E-state index contributed by atoms with van der Waals surface area (Å²) in [6.07, 6.45) is 0.353. The van der Waals surface area contributed by atoms with Gasteiger partial charge in [-0.2, -0.15) is 5.10 Å². The number of rotatable bonds is 3. The van der Waals surface area contributed by atoms with Crippen molar-refractivity contribution in [3.8, 4) is 0 Å². The first kappa shape index (κ1) is 16.4. The third-order valence-electron chi connectivity index (χ3n) is 5.40. The molecule has 1 atom stereocenters. The minimum Gasteiger partial charge on any atom is -0.291 e. The summed E-state index contributed by atoms with van der Waals surface area (Å²) >= 11 is 0. The van der Waals surface area contributed by atoms with Crippen LogP contribution in [0.15, 0.2) is 84.0 Å². The summed E-state index contributed by atoms with van der Waals surface area (Å²) in [7, 11) is 0. The molecule has 0 N–H and O–H groups in total. The molecule has 0 aliphatic carbocycles. The molecule has 5 rings (SSSR count). The molecular formula is C22H15N3O3. The number of carbonyl (C=O) groups is 1. The lowest BCUT2D eigenvalue weighted by Gasteiger charge is -2.30. The molecule has 6 heteroatoms. The summed E-state index contributed by atoms with van der Waals surface area (Å²) in [5.74, 6) is -0.00141. The zero-order valence-electron chi connectivity index (χ0n) is 14.8. The second-order valence-electron chi connectivity index (χ2n) is 6.92. The van der Waals surface area contributed by atoms with E-state index >= 15 is 0 Å². The highest BCUT2D eigenvalue weighted by Crippen LogP contribution is 2.51. The second-order valence-corrected chi connectivity index (χ2v) is 6.92. The molecule has 2 aliphatic heterocycles. The van der Waals surface area contributed by atoms with Gasteiger partial charge in [-0.15, -0.1) is 0 Å². The van der Waals surface area contributed by atoms with Crippen molar-refractivity contribution in [3.05, 3.63) is 106 Å². The van der Waals surface area contributed by atoms with Crippen molar-refractivity contribution in [2.75, 3.05) is 5.01 Å². The van der Waals surface area contributed by atoms with Gasteiger partial charge in [-0.1, -0.05) is 54.6 Å². The number of nitro groups is 1. The van der Waals surface area contributed by atoms with Crippen molar-refractivity contribution in [1.29, 1.82) is 0 Å². The van der Waals surface area contributed by atoms with E-state index in [1.807, 2.05) is 54.6 Å². The van der Waals surface area contributed by atoms with Gasteiger partial charge in [0.1, 0.15) is 0 Å². The van der Waals surface area contributed by atoms with E-state index in [1.165, 1.54) is 12.1 Å². The predicted octanol–water partition coefficient (Wildman–Crippen LogP) is 4.30. The maximum atomic E-state index is 13.5. The van der Waals surface area contributed by atoms with Crippen molar-refractivity contribution in [1.82, 2.24) is 0 Å². The van der Waals surface area contributed by atoms with Gasteiger partial charge < -0.3 is 0 Å². The topological polar surface area (TPSA) is 75.8 Å². The average molecular weight is 369 g/mol. The first-order valence-electron chi connectivity index (χ1n) is 8.93. The first-order valence-corrected chi connectivity index (χ1v) is 8.93. The van der Waals surface area contributed by atoms with Gasteiger partial charge >= 0.3 is 0 Å². The number of anilines is 1. The van der Waals surface area contributed by atoms with E-state index in [4.69, 9.17) is 5.10 Å². The molecular weight excluding hydrogens is 354 g/mol. The van der Waals surface area contributed by atoms with E-state index in [9.17, 15) is 14.9 Å². The SMILES string of the molecule is O=C1c2ccccc2N2N=C(c3cccc([N+](=O)[O-])c3)CC12c1ccccc1. The maximum Gasteiger partial charge on any atom is 0.270 e. The summed E-state index contributed by atoms with van der Waals surface area (Å²) in [6.45, 7) is 0. The molecule has 0 aromatic heterocycles. The number of nitrogens with zero attached hydrogens (tertiary/aromatic N) is 3. The number of ketones is 1. The molecule has 3 aromatic rings. The highest BCUT2D eigenvalue weighted by molar-refractivity contribution is 6.20. The molecule has 136 valence electrons. The molecule has 0 spiro atoms. The monoisotopic (exact) mass is 369 g/mol. The summed E-state index contributed by atoms with van der Waals surface area (Å²) in [5, 5.41) is 17.7. The number of hydrazone groups is 1. The Hall–Kier alpha value is -3.80. The number of nitro benzene ring substituents is 1. The third-order valence-corrected chi connectivity index (χ3v) is 5.40. The normalized spacial score (nSPS) is 19.9. The van der Waals surface area contributed by atoms with Gasteiger partial charge in [0.2, 0.25) is 0 Å². The standard InChI is InChI=1S/C22H15N3O3/c26-21-18-11-4-5-12-20(18)24-22(21,16-8-2-1-3-9-16)14-19(23-24)15-7-6-10-17(13-15)25(27)28/h1-13H,14H2. The van der Waals surface area contributed by atoms with Crippen LogP contribution in [-0.4, -0.2) is 16.4 Å². The Bertz CT molecular complexity index is 1160. The lowest BCUT2D eigenvalue weighted by molar-refractivity contribution is -0.384. The van der Waals surface area contributed by atoms with E-state index in [-0.39, 0.29) is 11.5 Å². The van der Waals surface area contributed by atoms with E-state index in [0.29, 0.717) is 23.3 Å². The van der Waals surface area contributed by atoms with E-state index in [1.54, 1.807) is 17.1 Å². The summed E-state index contributed by atoms with van der Waals surface area (Å²) in [6, 6.07) is 23.4. The number of hydrogen-bond donors (Lipinski definition) is 0. The lowest BCUT2D eigenvalue weighted by atomic mass is 9.81. The van der Waals surface area contributed by atoms with Crippen molar-refractivity contribution in [2.45, 2.75) is 12.0 Å². The second kappa shape index (κ2) is 5.85. The van der Waals surface area contributed by atoms with Crippen LogP contribution in [0.5, 0.6) is 0 Å². The number of Topliss-reactive ketones (excluding diaryl/α,β-unsaturated/α-hetero) is 1. The number of benzene rings is 3. The molecule has 0 amide bonds. The lowest BCUT2D eigenvalue weighted by Crippen LogP contribution is -2.42. The number of non-ortho nitro benzene ring substituents is 1. The van der Waals surface area contributed by atoms with E-state index in [0.717, 1.165) is 11.3 Å². The molecule has 0 saturated heterocycles. The van der Waals surface area contributed by atoms with Gasteiger partial charge in [0, 0.05) is 29.7 Å². The molecule has 6 nitrogen and oxygen atoms in total. The van der Waals surface area contributed by atoms with E-state index < -0.39 is 10.5 Å². The average Bonchev–Trinajstić information content (AvgIpc) is 3.25. The van der Waals surface area contributed by atoms with Crippen LogP contribution in [0.3, 0.4) is 0 Å². The van der Waals surface area contributed by atoms with Gasteiger partial charge in [0.25, 0.3) is 5.69 Å². The quantitative estimate of drug-likeness (QED) is 0.509. The number of carbonyl (C=O) groups excluding carboxylic acids is 1. The maximum absolute atomic E-state index is 13.5. The Morgan fingerprint density at radius 3 is 2.50 bits per heavy atom. The minimum absolute atomic E-state index is 0.00141. The summed E-state index contributed by atoms with van der Waals surface area (Å²) < 4.78 is 0. The Morgan fingerprint density at radius 1 is 0.964 bits per heavy atom. The van der Waals surface area contributed by atoms with Gasteiger partial charge in [0.15, 0.2) is 11.3 Å². The van der Waals surface area contributed by atoms with Gasteiger partial charge in [-0.3, -0.25) is 14.9 Å². The highest BCUT2D eigenvalue weighted by atomic mass is 16.6. The van der Waals surface area contributed by atoms with Gasteiger partial charge in [0.05, 0.1) is 16.3 Å². The van der Waals surface area contributed by atoms with Crippen LogP contribution >= 0.6 is 0 Å². The molecule has 2 aliphatic rings. The highest BCUT2D eigenvalue weighted by Gasteiger charge is 2.56. The smallest absolute Gasteiger partial charge is 0.270 e. The molecule has 2 heterocycles. The molecule has 3 aromatic carbocycles. The fourth-order valence-corrected chi connectivity index (χ4v) is 4.10. The Morgan fingerprint density at radius 2 is 1.71 bits per heavy atom. The zero-order chi connectivity index (χ0) is 19.3. The molecule has 1 unspecified atom stereocenters. The fourth-order valence-electron chi connectivity index (χ4n) is 4.10. The van der Waals surface area contributed by atoms with Crippen molar-refractivity contribution >= 4 is 22.9 Å². The van der Waals surface area contributed by atoms with Crippen molar-refractivity contribution in [3.63, 3.8) is 0 Å². The molecule has 0 radical (unpaired) electrons. The fraction of sp³-hybridized carbons (Fsp3) is 0.0909. The van der Waals surface area contributed by atoms with Crippen LogP contribution in [0.4, 0.5) is 11.4 Å². The van der Waals surface area contributed by atoms with Crippen molar-refractivity contribution < 1.29 is 9.72 Å². The van der Waals surface area contributed by atoms with Crippen molar-refractivity contribution in [2.24, 2.45) is 5.10 Å². The Labute approximate surface area is 160 Å². The molecule has 0 saturated carbocycles. The molecule has 0 fully saturated rings.